The van der Waals surface area contributed by atoms with Crippen LogP contribution in [0.5, 0.6) is 0 Å². The van der Waals surface area contributed by atoms with Crippen molar-refractivity contribution in [1.29, 1.82) is 0 Å². The lowest BCUT2D eigenvalue weighted by molar-refractivity contribution is -0.165. The first-order chi connectivity index (χ1) is 14.5. The molecule has 0 nitrogen and oxygen atoms in total. The average Bonchev–Trinajstić information content (AvgIpc) is 3.34. The molecule has 33 heavy (non-hydrogen) atoms. The van der Waals surface area contributed by atoms with Crippen molar-refractivity contribution in [2.24, 2.45) is 5.92 Å². The topological polar surface area (TPSA) is 0 Å². The SMILES string of the molecule is CC(C)(C)c1ccc(C2(C(F)(F)F)CC2CC(C)(C)c2ccc(S(F)(F)(F)(F)F)cc2)cc1. The van der Waals surface area contributed by atoms with Crippen molar-refractivity contribution >= 4 is 10.2 Å². The van der Waals surface area contributed by atoms with E-state index in [2.05, 4.69) is 0 Å². The van der Waals surface area contributed by atoms with E-state index in [1.807, 2.05) is 20.8 Å². The Labute approximate surface area is 189 Å². The van der Waals surface area contributed by atoms with Crippen molar-refractivity contribution in [3.8, 4) is 0 Å². The van der Waals surface area contributed by atoms with Gasteiger partial charge in [0.1, 0.15) is 4.90 Å². The highest BCUT2D eigenvalue weighted by atomic mass is 32.5. The number of rotatable bonds is 5. The normalized spacial score (nSPS) is 24.2. The third-order valence-electron chi connectivity index (χ3n) is 6.72. The third kappa shape index (κ3) is 5.03. The molecule has 1 aliphatic rings. The molecule has 2 aromatic carbocycles. The zero-order valence-electron chi connectivity index (χ0n) is 19.0. The van der Waals surface area contributed by atoms with Gasteiger partial charge in [-0.1, -0.05) is 90.4 Å². The first-order valence-corrected chi connectivity index (χ1v) is 12.4. The molecule has 0 saturated heterocycles. The van der Waals surface area contributed by atoms with Crippen molar-refractivity contribution in [2.75, 3.05) is 0 Å². The number of hydrogen-bond donors (Lipinski definition) is 0. The molecule has 2 aromatic rings. The Kier molecular flexibility index (Phi) is 5.22. The molecule has 0 N–H and O–H groups in total. The fraction of sp³-hybridized carbons (Fsp3) is 0.500. The van der Waals surface area contributed by atoms with Crippen LogP contribution in [0.4, 0.5) is 32.6 Å². The van der Waals surface area contributed by atoms with Crippen LogP contribution in [0.1, 0.15) is 64.2 Å². The van der Waals surface area contributed by atoms with E-state index in [4.69, 9.17) is 0 Å². The van der Waals surface area contributed by atoms with Crippen LogP contribution in [0.15, 0.2) is 53.4 Å². The van der Waals surface area contributed by atoms with Crippen molar-refractivity contribution < 1.29 is 32.6 Å². The molecule has 0 spiro atoms. The van der Waals surface area contributed by atoms with Crippen LogP contribution >= 0.6 is 10.2 Å². The van der Waals surface area contributed by atoms with Gasteiger partial charge in [-0.3, -0.25) is 0 Å². The van der Waals surface area contributed by atoms with Gasteiger partial charge >= 0.3 is 16.4 Å². The summed E-state index contributed by atoms with van der Waals surface area (Å²) in [6.45, 7) is 9.12. The number of halogens is 8. The second-order valence-electron chi connectivity index (χ2n) is 10.8. The van der Waals surface area contributed by atoms with E-state index in [0.717, 1.165) is 17.7 Å². The van der Waals surface area contributed by atoms with E-state index in [0.29, 0.717) is 12.1 Å². The summed E-state index contributed by atoms with van der Waals surface area (Å²) in [5.41, 5.74) is -1.83. The minimum absolute atomic E-state index is 0.0449. The molecule has 2 atom stereocenters. The maximum absolute atomic E-state index is 14.2. The molecular weight excluding hydrogens is 472 g/mol. The predicted molar refractivity (Wildman–Crippen MR) is 116 cm³/mol. The summed E-state index contributed by atoms with van der Waals surface area (Å²) in [6.07, 6.45) is -4.58. The molecule has 2 unspecified atom stereocenters. The summed E-state index contributed by atoms with van der Waals surface area (Å²) >= 11 is 0. The largest absolute Gasteiger partial charge is 0.398 e. The van der Waals surface area contributed by atoms with Crippen molar-refractivity contribution in [3.05, 3.63) is 65.2 Å². The van der Waals surface area contributed by atoms with Gasteiger partial charge in [0.15, 0.2) is 0 Å². The van der Waals surface area contributed by atoms with Crippen LogP contribution in [0.3, 0.4) is 0 Å². The zero-order chi connectivity index (χ0) is 25.4. The lowest BCUT2D eigenvalue weighted by Crippen LogP contribution is -2.33. The van der Waals surface area contributed by atoms with E-state index in [1.54, 1.807) is 26.0 Å². The van der Waals surface area contributed by atoms with Crippen LogP contribution in [-0.4, -0.2) is 6.18 Å². The molecule has 0 aliphatic heterocycles. The zero-order valence-corrected chi connectivity index (χ0v) is 19.9. The Hall–Kier alpha value is -1.77. The summed E-state index contributed by atoms with van der Waals surface area (Å²) in [7, 11) is -9.81. The minimum Gasteiger partial charge on any atom is -0.170 e. The lowest BCUT2D eigenvalue weighted by atomic mass is 9.77. The monoisotopic (exact) mass is 500 g/mol. The van der Waals surface area contributed by atoms with E-state index in [-0.39, 0.29) is 29.4 Å². The van der Waals surface area contributed by atoms with Gasteiger partial charge in [-0.15, -0.1) is 0 Å². The third-order valence-corrected chi connectivity index (χ3v) is 7.88. The van der Waals surface area contributed by atoms with Crippen LogP contribution in [-0.2, 0) is 16.2 Å². The Morgan fingerprint density at radius 2 is 1.21 bits per heavy atom. The highest BCUT2D eigenvalue weighted by molar-refractivity contribution is 8.45. The Morgan fingerprint density at radius 1 is 0.758 bits per heavy atom. The predicted octanol–water partition coefficient (Wildman–Crippen LogP) is 9.83. The molecule has 1 saturated carbocycles. The number of hydrogen-bond acceptors (Lipinski definition) is 0. The molecule has 0 amide bonds. The quantitative estimate of drug-likeness (QED) is 0.359. The van der Waals surface area contributed by atoms with E-state index < -0.39 is 38.0 Å². The van der Waals surface area contributed by atoms with Crippen LogP contribution in [0.25, 0.3) is 0 Å². The fourth-order valence-electron chi connectivity index (χ4n) is 4.61. The summed E-state index contributed by atoms with van der Waals surface area (Å²) in [5, 5.41) is 0. The maximum Gasteiger partial charge on any atom is 0.398 e. The van der Waals surface area contributed by atoms with Crippen molar-refractivity contribution in [2.45, 2.75) is 74.8 Å². The summed E-state index contributed by atoms with van der Waals surface area (Å²) < 4.78 is 108. The molecule has 0 radical (unpaired) electrons. The summed E-state index contributed by atoms with van der Waals surface area (Å²) in [5.74, 6) is -0.775. The van der Waals surface area contributed by atoms with E-state index >= 15 is 0 Å². The van der Waals surface area contributed by atoms with Gasteiger partial charge in [0.2, 0.25) is 0 Å². The molecule has 186 valence electrons. The number of benzene rings is 2. The maximum atomic E-state index is 14.2. The average molecular weight is 501 g/mol. The first-order valence-electron chi connectivity index (χ1n) is 10.5. The van der Waals surface area contributed by atoms with Crippen LogP contribution in [0.2, 0.25) is 0 Å². The van der Waals surface area contributed by atoms with E-state index in [1.165, 1.54) is 12.1 Å². The van der Waals surface area contributed by atoms with Gasteiger partial charge in [0, 0.05) is 0 Å². The van der Waals surface area contributed by atoms with Crippen LogP contribution in [0, 0.1) is 5.92 Å². The standard InChI is InChI=1S/C24H28F8S/c1-21(2,3)16-6-8-18(9-7-16)23(24(25,26)27)15-19(23)14-22(4,5)17-10-12-20(13-11-17)33(28,29,30,31)32/h6-13,19H,14-15H2,1-5H3. The highest BCUT2D eigenvalue weighted by Crippen LogP contribution is 3.02. The van der Waals surface area contributed by atoms with Gasteiger partial charge in [0.25, 0.3) is 0 Å². The second-order valence-corrected chi connectivity index (χ2v) is 13.2. The van der Waals surface area contributed by atoms with Crippen molar-refractivity contribution in [1.82, 2.24) is 0 Å². The van der Waals surface area contributed by atoms with Gasteiger partial charge in [-0.05, 0) is 58.4 Å². The van der Waals surface area contributed by atoms with Gasteiger partial charge < -0.3 is 0 Å². The smallest absolute Gasteiger partial charge is 0.170 e. The molecule has 1 fully saturated rings. The Bertz CT molecular complexity index is 1030. The fourth-order valence-corrected chi connectivity index (χ4v) is 5.26. The molecular formula is C24H28F8S. The molecule has 1 aliphatic carbocycles. The molecule has 0 heterocycles. The summed E-state index contributed by atoms with van der Waals surface area (Å²) in [6, 6.07) is 8.90. The Balaban J connectivity index is 1.88. The van der Waals surface area contributed by atoms with E-state index in [9.17, 15) is 32.6 Å². The molecule has 9 heteroatoms. The summed E-state index contributed by atoms with van der Waals surface area (Å²) in [4.78, 5) is -2.01. The van der Waals surface area contributed by atoms with Crippen LogP contribution < -0.4 is 0 Å². The Morgan fingerprint density at radius 3 is 1.61 bits per heavy atom. The second kappa shape index (κ2) is 6.67. The molecule has 0 aromatic heterocycles. The van der Waals surface area contributed by atoms with Crippen molar-refractivity contribution in [3.63, 3.8) is 0 Å². The molecule has 3 rings (SSSR count). The lowest BCUT2D eigenvalue weighted by Gasteiger charge is -2.40. The first kappa shape index (κ1) is 25.8. The highest BCUT2D eigenvalue weighted by Gasteiger charge is 2.71. The molecule has 0 bridgehead atoms. The number of alkyl halides is 3. The van der Waals surface area contributed by atoms with Gasteiger partial charge in [0.05, 0.1) is 5.41 Å². The minimum atomic E-state index is -9.81. The van der Waals surface area contributed by atoms with Gasteiger partial charge in [-0.25, -0.2) is 0 Å². The van der Waals surface area contributed by atoms with Gasteiger partial charge in [-0.2, -0.15) is 13.2 Å².